The van der Waals surface area contributed by atoms with Gasteiger partial charge in [0.05, 0.1) is 25.9 Å². The van der Waals surface area contributed by atoms with Crippen molar-refractivity contribution in [2.45, 2.75) is 19.6 Å². The van der Waals surface area contributed by atoms with Crippen molar-refractivity contribution >= 4 is 0 Å². The minimum atomic E-state index is 0.187. The Balaban J connectivity index is 1.69. The molecule has 1 aromatic heterocycles. The number of hydrogen-bond donors (Lipinski definition) is 1. The Kier molecular flexibility index (Phi) is 4.27. The molecule has 4 heteroatoms. The van der Waals surface area contributed by atoms with E-state index >= 15 is 0 Å². The van der Waals surface area contributed by atoms with E-state index < -0.39 is 0 Å². The first-order chi connectivity index (χ1) is 7.84. The Morgan fingerprint density at radius 2 is 2.38 bits per heavy atom. The highest BCUT2D eigenvalue weighted by molar-refractivity contribution is 5.12. The Hall–Kier alpha value is -0.970. The van der Waals surface area contributed by atoms with Crippen molar-refractivity contribution in [1.82, 2.24) is 10.3 Å². The smallest absolute Gasteiger partial charge is 0.0933 e. The van der Waals surface area contributed by atoms with Crippen LogP contribution < -0.4 is 5.32 Å². The molecule has 0 amide bonds. The van der Waals surface area contributed by atoms with Gasteiger partial charge in [-0.1, -0.05) is 6.07 Å². The van der Waals surface area contributed by atoms with Crippen LogP contribution in [0.1, 0.15) is 11.3 Å². The molecule has 1 aliphatic heterocycles. The third-order valence-corrected chi connectivity index (χ3v) is 2.56. The molecule has 0 bridgehead atoms. The van der Waals surface area contributed by atoms with Gasteiger partial charge < -0.3 is 14.8 Å². The molecule has 88 valence electrons. The molecule has 0 aliphatic carbocycles. The third-order valence-electron chi connectivity index (χ3n) is 2.56. The first-order valence-corrected chi connectivity index (χ1v) is 5.66. The fraction of sp³-hybridized carbons (Fsp3) is 0.583. The van der Waals surface area contributed by atoms with Crippen LogP contribution in [0.4, 0.5) is 0 Å². The number of rotatable bonds is 4. The number of nitrogens with zero attached hydrogens (tertiary/aromatic N) is 1. The second kappa shape index (κ2) is 5.94. The van der Waals surface area contributed by atoms with Crippen LogP contribution in [0.25, 0.3) is 0 Å². The molecule has 1 aliphatic rings. The Labute approximate surface area is 96.0 Å². The van der Waals surface area contributed by atoms with Crippen molar-refractivity contribution in [3.8, 4) is 0 Å². The van der Waals surface area contributed by atoms with Crippen molar-refractivity contribution in [3.05, 3.63) is 29.6 Å². The number of pyridine rings is 1. The summed E-state index contributed by atoms with van der Waals surface area (Å²) < 4.78 is 10.9. The van der Waals surface area contributed by atoms with Crippen molar-refractivity contribution in [1.29, 1.82) is 0 Å². The molecule has 1 unspecified atom stereocenters. The van der Waals surface area contributed by atoms with Crippen molar-refractivity contribution in [2.24, 2.45) is 0 Å². The fourth-order valence-corrected chi connectivity index (χ4v) is 1.63. The van der Waals surface area contributed by atoms with Crippen LogP contribution in [0.5, 0.6) is 0 Å². The van der Waals surface area contributed by atoms with Crippen LogP contribution >= 0.6 is 0 Å². The lowest BCUT2D eigenvalue weighted by atomic mass is 10.2. The lowest BCUT2D eigenvalue weighted by Crippen LogP contribution is -2.37. The first-order valence-electron chi connectivity index (χ1n) is 5.66. The minimum Gasteiger partial charge on any atom is -0.376 e. The number of nitrogens with one attached hydrogen (secondary N) is 1. The van der Waals surface area contributed by atoms with Crippen LogP contribution in [0, 0.1) is 6.92 Å². The van der Waals surface area contributed by atoms with Gasteiger partial charge in [0, 0.05) is 25.0 Å². The molecule has 2 heterocycles. The van der Waals surface area contributed by atoms with Crippen LogP contribution in [0.3, 0.4) is 0 Å². The van der Waals surface area contributed by atoms with E-state index in [1.54, 1.807) is 0 Å². The zero-order chi connectivity index (χ0) is 11.2. The highest BCUT2D eigenvalue weighted by Crippen LogP contribution is 2.01. The molecule has 4 nitrogen and oxygen atoms in total. The van der Waals surface area contributed by atoms with Gasteiger partial charge in [-0.2, -0.15) is 0 Å². The molecule has 1 atom stereocenters. The normalized spacial score (nSPS) is 20.9. The first kappa shape index (κ1) is 11.5. The largest absolute Gasteiger partial charge is 0.376 e. The molecule has 1 saturated heterocycles. The molecule has 0 aromatic carbocycles. The van der Waals surface area contributed by atoms with E-state index in [2.05, 4.69) is 16.4 Å². The van der Waals surface area contributed by atoms with Gasteiger partial charge in [0.2, 0.25) is 0 Å². The summed E-state index contributed by atoms with van der Waals surface area (Å²) in [6.07, 6.45) is 2.09. The highest BCUT2D eigenvalue weighted by atomic mass is 16.6. The molecular weight excluding hydrogens is 204 g/mol. The maximum Gasteiger partial charge on any atom is 0.0933 e. The average molecular weight is 222 g/mol. The van der Waals surface area contributed by atoms with Crippen molar-refractivity contribution in [3.63, 3.8) is 0 Å². The van der Waals surface area contributed by atoms with Gasteiger partial charge >= 0.3 is 0 Å². The summed E-state index contributed by atoms with van der Waals surface area (Å²) in [6.45, 7) is 5.77. The summed E-state index contributed by atoms with van der Waals surface area (Å²) in [5.41, 5.74) is 2.25. The second-order valence-electron chi connectivity index (χ2n) is 4.01. The van der Waals surface area contributed by atoms with Gasteiger partial charge in [0.1, 0.15) is 0 Å². The summed E-state index contributed by atoms with van der Waals surface area (Å²) in [5.74, 6) is 0. The Bertz CT molecular complexity index is 307. The van der Waals surface area contributed by atoms with E-state index in [-0.39, 0.29) is 6.10 Å². The number of ether oxygens (including phenoxy) is 2. The van der Waals surface area contributed by atoms with Gasteiger partial charge in [-0.25, -0.2) is 0 Å². The van der Waals surface area contributed by atoms with E-state index in [9.17, 15) is 0 Å². The zero-order valence-electron chi connectivity index (χ0n) is 9.61. The van der Waals surface area contributed by atoms with Crippen molar-refractivity contribution in [2.75, 3.05) is 26.4 Å². The van der Waals surface area contributed by atoms with Crippen LogP contribution in [0.2, 0.25) is 0 Å². The number of hydrogen-bond acceptors (Lipinski definition) is 4. The quantitative estimate of drug-likeness (QED) is 0.822. The predicted octanol–water partition coefficient (Wildman–Crippen LogP) is 0.895. The minimum absolute atomic E-state index is 0.187. The zero-order valence-corrected chi connectivity index (χ0v) is 9.61. The summed E-state index contributed by atoms with van der Waals surface area (Å²) in [6, 6.07) is 4.12. The maximum atomic E-state index is 5.53. The van der Waals surface area contributed by atoms with Gasteiger partial charge in [-0.05, 0) is 18.6 Å². The number of aromatic nitrogens is 1. The summed E-state index contributed by atoms with van der Waals surface area (Å²) in [7, 11) is 0. The molecule has 0 spiro atoms. The topological polar surface area (TPSA) is 43.4 Å². The van der Waals surface area contributed by atoms with Crippen molar-refractivity contribution < 1.29 is 9.47 Å². The fourth-order valence-electron chi connectivity index (χ4n) is 1.63. The number of aryl methyl sites for hydroxylation is 1. The predicted molar refractivity (Wildman–Crippen MR) is 61.2 cm³/mol. The molecule has 1 fully saturated rings. The lowest BCUT2D eigenvalue weighted by molar-refractivity contribution is -0.0864. The summed E-state index contributed by atoms with van der Waals surface area (Å²) >= 11 is 0. The molecule has 16 heavy (non-hydrogen) atoms. The Morgan fingerprint density at radius 3 is 3.06 bits per heavy atom. The second-order valence-corrected chi connectivity index (χ2v) is 4.01. The molecular formula is C12H18N2O2. The molecule has 0 saturated carbocycles. The van der Waals surface area contributed by atoms with Gasteiger partial charge in [-0.3, -0.25) is 4.98 Å². The van der Waals surface area contributed by atoms with Gasteiger partial charge in [0.15, 0.2) is 0 Å². The third kappa shape index (κ3) is 3.56. The lowest BCUT2D eigenvalue weighted by Gasteiger charge is -2.23. The standard InChI is InChI=1S/C12H18N2O2/c1-10-2-3-11(7-14-10)6-13-8-12-9-15-4-5-16-12/h2-3,7,12-13H,4-6,8-9H2,1H3. The average Bonchev–Trinajstić information content (AvgIpc) is 2.33. The van der Waals surface area contributed by atoms with Gasteiger partial charge in [0.25, 0.3) is 0 Å². The van der Waals surface area contributed by atoms with Crippen LogP contribution in [-0.4, -0.2) is 37.5 Å². The molecule has 1 N–H and O–H groups in total. The summed E-state index contributed by atoms with van der Waals surface area (Å²) in [4.78, 5) is 4.25. The van der Waals surface area contributed by atoms with E-state index in [1.165, 1.54) is 5.56 Å². The SMILES string of the molecule is Cc1ccc(CNCC2COCCO2)cn1. The van der Waals surface area contributed by atoms with E-state index in [4.69, 9.17) is 9.47 Å². The van der Waals surface area contributed by atoms with Gasteiger partial charge in [-0.15, -0.1) is 0 Å². The molecule has 0 radical (unpaired) electrons. The van der Waals surface area contributed by atoms with E-state index in [0.717, 1.165) is 25.4 Å². The highest BCUT2D eigenvalue weighted by Gasteiger charge is 2.13. The molecule has 2 rings (SSSR count). The van der Waals surface area contributed by atoms with E-state index in [1.807, 2.05) is 19.2 Å². The van der Waals surface area contributed by atoms with E-state index in [0.29, 0.717) is 13.2 Å². The monoisotopic (exact) mass is 222 g/mol. The summed E-state index contributed by atoms with van der Waals surface area (Å²) in [5, 5.41) is 3.35. The maximum absolute atomic E-state index is 5.53. The Morgan fingerprint density at radius 1 is 1.44 bits per heavy atom. The molecule has 1 aromatic rings. The van der Waals surface area contributed by atoms with Crippen LogP contribution in [-0.2, 0) is 16.0 Å². The van der Waals surface area contributed by atoms with Crippen LogP contribution in [0.15, 0.2) is 18.3 Å².